The number of fused-ring (bicyclic) bond motifs is 1. The maximum absolute atomic E-state index is 4.63. The lowest BCUT2D eigenvalue weighted by Crippen LogP contribution is -2.30. The van der Waals surface area contributed by atoms with Gasteiger partial charge < -0.3 is 4.90 Å². The van der Waals surface area contributed by atoms with Crippen LogP contribution in [0.15, 0.2) is 48.7 Å². The Morgan fingerprint density at radius 3 is 2.42 bits per heavy atom. The quantitative estimate of drug-likeness (QED) is 0.579. The molecule has 2 nitrogen and oxygen atoms in total. The van der Waals surface area contributed by atoms with E-state index in [0.29, 0.717) is 0 Å². The summed E-state index contributed by atoms with van der Waals surface area (Å²) < 4.78 is 0. The van der Waals surface area contributed by atoms with Gasteiger partial charge in [-0.05, 0) is 72.7 Å². The molecule has 2 aromatic carbocycles. The van der Waals surface area contributed by atoms with Crippen molar-refractivity contribution in [2.45, 2.75) is 33.1 Å². The van der Waals surface area contributed by atoms with E-state index in [1.54, 1.807) is 0 Å². The van der Waals surface area contributed by atoms with E-state index in [1.165, 1.54) is 52.4 Å². The molecule has 1 saturated heterocycles. The number of hydrogen-bond acceptors (Lipinski definition) is 2. The molecule has 0 N–H and O–H groups in total. The number of rotatable bonds is 3. The van der Waals surface area contributed by atoms with Crippen LogP contribution in [-0.4, -0.2) is 18.1 Å². The van der Waals surface area contributed by atoms with Crippen molar-refractivity contribution < 1.29 is 0 Å². The van der Waals surface area contributed by atoms with Crippen LogP contribution < -0.4 is 4.90 Å². The molecule has 0 radical (unpaired) electrons. The zero-order valence-corrected chi connectivity index (χ0v) is 15.7. The molecule has 0 atom stereocenters. The zero-order chi connectivity index (χ0) is 17.9. The molecule has 2 heteroatoms. The fraction of sp³-hybridized carbons (Fsp3) is 0.292. The van der Waals surface area contributed by atoms with Gasteiger partial charge >= 0.3 is 0 Å². The SMILES string of the molecule is Cc1cnc(/C=C/c2ccc(C)c3ccccc23)cc1N1CCCCC1. The van der Waals surface area contributed by atoms with Gasteiger partial charge in [-0.25, -0.2) is 0 Å². The molecule has 0 aliphatic carbocycles. The second kappa shape index (κ2) is 7.33. The van der Waals surface area contributed by atoms with Crippen LogP contribution in [0.2, 0.25) is 0 Å². The Hall–Kier alpha value is -2.61. The van der Waals surface area contributed by atoms with E-state index >= 15 is 0 Å². The number of nitrogens with zero attached hydrogens (tertiary/aromatic N) is 2. The van der Waals surface area contributed by atoms with Crippen molar-refractivity contribution in [1.29, 1.82) is 0 Å². The van der Waals surface area contributed by atoms with Gasteiger partial charge in [0.15, 0.2) is 0 Å². The Kier molecular flexibility index (Phi) is 4.75. The van der Waals surface area contributed by atoms with Crippen molar-refractivity contribution in [3.05, 3.63) is 71.0 Å². The minimum Gasteiger partial charge on any atom is -0.371 e. The second-order valence-corrected chi connectivity index (χ2v) is 7.29. The number of anilines is 1. The van der Waals surface area contributed by atoms with Gasteiger partial charge in [0.2, 0.25) is 0 Å². The maximum Gasteiger partial charge on any atom is 0.0650 e. The highest BCUT2D eigenvalue weighted by Gasteiger charge is 2.13. The van der Waals surface area contributed by atoms with Crippen molar-refractivity contribution in [1.82, 2.24) is 4.98 Å². The van der Waals surface area contributed by atoms with E-state index in [2.05, 4.69) is 78.3 Å². The third-order valence-electron chi connectivity index (χ3n) is 5.40. The highest BCUT2D eigenvalue weighted by molar-refractivity contribution is 5.94. The molecule has 1 aliphatic heterocycles. The summed E-state index contributed by atoms with van der Waals surface area (Å²) in [6, 6.07) is 15.3. The predicted octanol–water partition coefficient (Wildman–Crippen LogP) is 6.01. The van der Waals surface area contributed by atoms with Crippen molar-refractivity contribution >= 4 is 28.6 Å². The summed E-state index contributed by atoms with van der Waals surface area (Å²) in [5, 5.41) is 2.62. The summed E-state index contributed by atoms with van der Waals surface area (Å²) >= 11 is 0. The zero-order valence-electron chi connectivity index (χ0n) is 15.7. The summed E-state index contributed by atoms with van der Waals surface area (Å²) in [4.78, 5) is 7.15. The Bertz CT molecular complexity index is 950. The highest BCUT2D eigenvalue weighted by Crippen LogP contribution is 2.26. The van der Waals surface area contributed by atoms with E-state index < -0.39 is 0 Å². The van der Waals surface area contributed by atoms with Gasteiger partial charge in [-0.1, -0.05) is 42.5 Å². The first-order chi connectivity index (χ1) is 12.7. The van der Waals surface area contributed by atoms with Crippen LogP contribution in [-0.2, 0) is 0 Å². The third-order valence-corrected chi connectivity index (χ3v) is 5.40. The van der Waals surface area contributed by atoms with Gasteiger partial charge in [0.25, 0.3) is 0 Å². The summed E-state index contributed by atoms with van der Waals surface area (Å²) in [5.41, 5.74) is 6.20. The topological polar surface area (TPSA) is 16.1 Å². The summed E-state index contributed by atoms with van der Waals surface area (Å²) in [6.07, 6.45) is 10.3. The Balaban J connectivity index is 1.66. The average Bonchev–Trinajstić information content (AvgIpc) is 2.69. The van der Waals surface area contributed by atoms with Gasteiger partial charge in [-0.2, -0.15) is 0 Å². The molecule has 0 spiro atoms. The van der Waals surface area contributed by atoms with Crippen molar-refractivity contribution in [3.63, 3.8) is 0 Å². The van der Waals surface area contributed by atoms with Gasteiger partial charge in [0, 0.05) is 25.0 Å². The Morgan fingerprint density at radius 1 is 0.846 bits per heavy atom. The predicted molar refractivity (Wildman–Crippen MR) is 113 cm³/mol. The molecule has 2 heterocycles. The molecular formula is C24H26N2. The molecule has 132 valence electrons. The van der Waals surface area contributed by atoms with Crippen LogP contribution in [0.25, 0.3) is 22.9 Å². The van der Waals surface area contributed by atoms with Crippen molar-refractivity contribution in [3.8, 4) is 0 Å². The molecule has 0 unspecified atom stereocenters. The molecule has 1 aliphatic rings. The van der Waals surface area contributed by atoms with Crippen molar-refractivity contribution in [2.24, 2.45) is 0 Å². The molecular weight excluding hydrogens is 316 g/mol. The molecule has 3 aromatic rings. The van der Waals surface area contributed by atoms with E-state index in [1.807, 2.05) is 6.20 Å². The molecule has 0 bridgehead atoms. The van der Waals surface area contributed by atoms with Crippen LogP contribution in [0, 0.1) is 13.8 Å². The molecule has 1 aromatic heterocycles. The van der Waals surface area contributed by atoms with E-state index in [4.69, 9.17) is 0 Å². The number of aromatic nitrogens is 1. The first-order valence-corrected chi connectivity index (χ1v) is 9.60. The third kappa shape index (κ3) is 3.37. The summed E-state index contributed by atoms with van der Waals surface area (Å²) in [6.45, 7) is 6.66. The fourth-order valence-electron chi connectivity index (χ4n) is 3.89. The monoisotopic (exact) mass is 342 g/mol. The number of pyridine rings is 1. The van der Waals surface area contributed by atoms with Crippen LogP contribution in [0.1, 0.15) is 41.6 Å². The largest absolute Gasteiger partial charge is 0.371 e. The van der Waals surface area contributed by atoms with E-state index in [-0.39, 0.29) is 0 Å². The van der Waals surface area contributed by atoms with Crippen LogP contribution in [0.3, 0.4) is 0 Å². The van der Waals surface area contributed by atoms with Gasteiger partial charge in [0.1, 0.15) is 0 Å². The van der Waals surface area contributed by atoms with Gasteiger partial charge in [-0.3, -0.25) is 4.98 Å². The fourth-order valence-corrected chi connectivity index (χ4v) is 3.89. The molecule has 4 rings (SSSR count). The molecule has 1 fully saturated rings. The molecule has 0 saturated carbocycles. The maximum atomic E-state index is 4.63. The minimum atomic E-state index is 1.03. The lowest BCUT2D eigenvalue weighted by Gasteiger charge is -2.30. The number of hydrogen-bond donors (Lipinski definition) is 0. The lowest BCUT2D eigenvalue weighted by molar-refractivity contribution is 0.577. The first kappa shape index (κ1) is 16.8. The standard InChI is InChI=1S/C24H26N2/c1-18-10-11-20(23-9-5-4-8-22(18)23)12-13-21-16-24(19(2)17-25-21)26-14-6-3-7-15-26/h4-5,8-13,16-17H,3,6-7,14-15H2,1-2H3/b13-12+. The van der Waals surface area contributed by atoms with E-state index in [9.17, 15) is 0 Å². The lowest BCUT2D eigenvalue weighted by atomic mass is 10.00. The molecule has 0 amide bonds. The highest BCUT2D eigenvalue weighted by atomic mass is 15.1. The Labute approximate surface area is 156 Å². The minimum absolute atomic E-state index is 1.03. The average molecular weight is 342 g/mol. The second-order valence-electron chi connectivity index (χ2n) is 7.29. The first-order valence-electron chi connectivity index (χ1n) is 9.60. The van der Waals surface area contributed by atoms with Crippen molar-refractivity contribution in [2.75, 3.05) is 18.0 Å². The number of piperidine rings is 1. The number of benzene rings is 2. The number of aryl methyl sites for hydroxylation is 2. The van der Waals surface area contributed by atoms with Gasteiger partial charge in [0.05, 0.1) is 5.69 Å². The summed E-state index contributed by atoms with van der Waals surface area (Å²) in [5.74, 6) is 0. The molecule has 26 heavy (non-hydrogen) atoms. The summed E-state index contributed by atoms with van der Waals surface area (Å²) in [7, 11) is 0. The van der Waals surface area contributed by atoms with Crippen LogP contribution in [0.5, 0.6) is 0 Å². The van der Waals surface area contributed by atoms with Gasteiger partial charge in [-0.15, -0.1) is 0 Å². The smallest absolute Gasteiger partial charge is 0.0650 e. The normalized spacial score (nSPS) is 15.1. The van der Waals surface area contributed by atoms with E-state index in [0.717, 1.165) is 18.8 Å². The van der Waals surface area contributed by atoms with Crippen LogP contribution in [0.4, 0.5) is 5.69 Å². The Morgan fingerprint density at radius 2 is 1.62 bits per heavy atom. The van der Waals surface area contributed by atoms with Crippen LogP contribution >= 0.6 is 0 Å².